The van der Waals surface area contributed by atoms with Gasteiger partial charge in [0.05, 0.1) is 12.2 Å². The van der Waals surface area contributed by atoms with Crippen LogP contribution in [0.5, 0.6) is 0 Å². The van der Waals surface area contributed by atoms with Crippen molar-refractivity contribution in [3.63, 3.8) is 0 Å². The minimum atomic E-state index is -0.442. The molecule has 0 radical (unpaired) electrons. The quantitative estimate of drug-likeness (QED) is 0.850. The van der Waals surface area contributed by atoms with Gasteiger partial charge in [0.2, 0.25) is 0 Å². The van der Waals surface area contributed by atoms with Crippen molar-refractivity contribution >= 4 is 11.7 Å². The van der Waals surface area contributed by atoms with Gasteiger partial charge in [-0.25, -0.2) is 0 Å². The molecule has 1 aromatic rings. The summed E-state index contributed by atoms with van der Waals surface area (Å²) >= 11 is 0. The van der Waals surface area contributed by atoms with Gasteiger partial charge in [0.1, 0.15) is 6.54 Å². The molecule has 1 atom stereocenters. The van der Waals surface area contributed by atoms with Crippen LogP contribution in [0, 0.1) is 0 Å². The fourth-order valence-corrected chi connectivity index (χ4v) is 2.43. The SMILES string of the molecule is CC(C)OC(=O)CN1CCCC(O)c2ccccc21. The third kappa shape index (κ3) is 3.47. The summed E-state index contributed by atoms with van der Waals surface area (Å²) in [7, 11) is 0. The Hall–Kier alpha value is -1.55. The summed E-state index contributed by atoms with van der Waals surface area (Å²) in [6, 6.07) is 7.72. The number of esters is 1. The van der Waals surface area contributed by atoms with Gasteiger partial charge in [-0.15, -0.1) is 0 Å². The van der Waals surface area contributed by atoms with Gasteiger partial charge in [-0.05, 0) is 32.8 Å². The van der Waals surface area contributed by atoms with Crippen LogP contribution in [0.25, 0.3) is 0 Å². The molecule has 104 valence electrons. The maximum absolute atomic E-state index is 11.8. The number of benzene rings is 1. The van der Waals surface area contributed by atoms with Gasteiger partial charge >= 0.3 is 5.97 Å². The molecule has 1 aliphatic heterocycles. The molecule has 0 spiro atoms. The van der Waals surface area contributed by atoms with E-state index in [9.17, 15) is 9.90 Å². The van der Waals surface area contributed by atoms with Crippen LogP contribution in [0.15, 0.2) is 24.3 Å². The highest BCUT2D eigenvalue weighted by atomic mass is 16.5. The number of anilines is 1. The number of aliphatic hydroxyl groups excluding tert-OH is 1. The first-order valence-electron chi connectivity index (χ1n) is 6.79. The van der Waals surface area contributed by atoms with E-state index in [0.717, 1.165) is 30.6 Å². The Kier molecular flexibility index (Phi) is 4.43. The van der Waals surface area contributed by atoms with Crippen LogP contribution in [0.4, 0.5) is 5.69 Å². The Bertz CT molecular complexity index is 445. The summed E-state index contributed by atoms with van der Waals surface area (Å²) in [6.07, 6.45) is 1.06. The standard InChI is InChI=1S/C15H21NO3/c1-11(2)19-15(18)10-16-9-5-8-14(17)12-6-3-4-7-13(12)16/h3-4,6-7,11,14,17H,5,8-10H2,1-2H3. The number of hydrogen-bond donors (Lipinski definition) is 1. The van der Waals surface area contributed by atoms with Crippen LogP contribution in [0.3, 0.4) is 0 Å². The molecule has 0 aromatic heterocycles. The van der Waals surface area contributed by atoms with Gasteiger partial charge in [0, 0.05) is 17.8 Å². The predicted octanol–water partition coefficient (Wildman–Crippen LogP) is 2.27. The van der Waals surface area contributed by atoms with Crippen molar-refractivity contribution < 1.29 is 14.6 Å². The lowest BCUT2D eigenvalue weighted by Crippen LogP contribution is -2.32. The predicted molar refractivity (Wildman–Crippen MR) is 74.1 cm³/mol. The average Bonchev–Trinajstić information content (AvgIpc) is 2.50. The Morgan fingerprint density at radius 2 is 2.21 bits per heavy atom. The van der Waals surface area contributed by atoms with Crippen LogP contribution in [0.2, 0.25) is 0 Å². The number of rotatable bonds is 3. The third-order valence-electron chi connectivity index (χ3n) is 3.23. The first-order chi connectivity index (χ1) is 9.08. The molecule has 0 fully saturated rings. The summed E-state index contributed by atoms with van der Waals surface area (Å²) in [5.41, 5.74) is 1.84. The molecule has 2 rings (SSSR count). The summed E-state index contributed by atoms with van der Waals surface area (Å²) in [6.45, 7) is 4.69. The van der Waals surface area contributed by atoms with E-state index in [2.05, 4.69) is 0 Å². The average molecular weight is 263 g/mol. The number of nitrogens with zero attached hydrogens (tertiary/aromatic N) is 1. The smallest absolute Gasteiger partial charge is 0.325 e. The number of para-hydroxylation sites is 1. The summed E-state index contributed by atoms with van der Waals surface area (Å²) in [5, 5.41) is 10.1. The van der Waals surface area contributed by atoms with Crippen molar-refractivity contribution in [1.29, 1.82) is 0 Å². The molecular weight excluding hydrogens is 242 g/mol. The molecule has 0 saturated heterocycles. The van der Waals surface area contributed by atoms with Gasteiger partial charge < -0.3 is 14.7 Å². The summed E-state index contributed by atoms with van der Waals surface area (Å²) in [5.74, 6) is -0.221. The fourth-order valence-electron chi connectivity index (χ4n) is 2.43. The Labute approximate surface area is 114 Å². The number of ether oxygens (including phenoxy) is 1. The zero-order valence-corrected chi connectivity index (χ0v) is 11.5. The monoisotopic (exact) mass is 263 g/mol. The fraction of sp³-hybridized carbons (Fsp3) is 0.533. The normalized spacial score (nSPS) is 18.9. The second-order valence-electron chi connectivity index (χ2n) is 5.18. The van der Waals surface area contributed by atoms with Crippen molar-refractivity contribution in [2.24, 2.45) is 0 Å². The van der Waals surface area contributed by atoms with E-state index >= 15 is 0 Å². The first-order valence-corrected chi connectivity index (χ1v) is 6.79. The van der Waals surface area contributed by atoms with Crippen LogP contribution < -0.4 is 4.90 Å². The second-order valence-corrected chi connectivity index (χ2v) is 5.18. The first kappa shape index (κ1) is 13.9. The molecule has 4 heteroatoms. The van der Waals surface area contributed by atoms with Crippen molar-refractivity contribution in [2.45, 2.75) is 38.9 Å². The molecule has 4 nitrogen and oxygen atoms in total. The second kappa shape index (κ2) is 6.06. The van der Waals surface area contributed by atoms with E-state index in [1.807, 2.05) is 43.0 Å². The van der Waals surface area contributed by atoms with Crippen molar-refractivity contribution in [1.82, 2.24) is 0 Å². The highest BCUT2D eigenvalue weighted by Crippen LogP contribution is 2.32. The topological polar surface area (TPSA) is 49.8 Å². The summed E-state index contributed by atoms with van der Waals surface area (Å²) in [4.78, 5) is 13.8. The van der Waals surface area contributed by atoms with Gasteiger partial charge in [-0.2, -0.15) is 0 Å². The lowest BCUT2D eigenvalue weighted by molar-refractivity contribution is -0.145. The maximum atomic E-state index is 11.8. The number of hydrogen-bond acceptors (Lipinski definition) is 4. The van der Waals surface area contributed by atoms with E-state index in [0.29, 0.717) is 0 Å². The van der Waals surface area contributed by atoms with E-state index in [4.69, 9.17) is 4.74 Å². The van der Waals surface area contributed by atoms with Crippen molar-refractivity contribution in [3.8, 4) is 0 Å². The van der Waals surface area contributed by atoms with Crippen LogP contribution in [0.1, 0.15) is 38.4 Å². The molecule has 0 saturated carbocycles. The third-order valence-corrected chi connectivity index (χ3v) is 3.23. The molecule has 1 N–H and O–H groups in total. The number of carbonyl (C=O) groups excluding carboxylic acids is 1. The highest BCUT2D eigenvalue weighted by Gasteiger charge is 2.22. The molecule has 1 aliphatic rings. The molecular formula is C15H21NO3. The van der Waals surface area contributed by atoms with E-state index in [-0.39, 0.29) is 18.6 Å². The maximum Gasteiger partial charge on any atom is 0.325 e. The van der Waals surface area contributed by atoms with Crippen molar-refractivity contribution in [3.05, 3.63) is 29.8 Å². The van der Waals surface area contributed by atoms with E-state index in [1.165, 1.54) is 0 Å². The van der Waals surface area contributed by atoms with E-state index < -0.39 is 6.10 Å². The zero-order chi connectivity index (χ0) is 13.8. The van der Waals surface area contributed by atoms with Crippen LogP contribution in [-0.4, -0.2) is 30.3 Å². The lowest BCUT2D eigenvalue weighted by atomic mass is 10.0. The zero-order valence-electron chi connectivity index (χ0n) is 11.5. The molecule has 19 heavy (non-hydrogen) atoms. The minimum Gasteiger partial charge on any atom is -0.462 e. The summed E-state index contributed by atoms with van der Waals surface area (Å²) < 4.78 is 5.19. The minimum absolute atomic E-state index is 0.0969. The largest absolute Gasteiger partial charge is 0.462 e. The molecule has 1 aromatic carbocycles. The molecule has 1 heterocycles. The van der Waals surface area contributed by atoms with Gasteiger partial charge in [0.25, 0.3) is 0 Å². The molecule has 0 aliphatic carbocycles. The highest BCUT2D eigenvalue weighted by molar-refractivity contribution is 5.76. The van der Waals surface area contributed by atoms with Gasteiger partial charge in [-0.3, -0.25) is 4.79 Å². The lowest BCUT2D eigenvalue weighted by Gasteiger charge is -2.24. The Morgan fingerprint density at radius 3 is 2.95 bits per heavy atom. The molecule has 0 bridgehead atoms. The Balaban J connectivity index is 2.17. The number of fused-ring (bicyclic) bond motifs is 1. The Morgan fingerprint density at radius 1 is 1.47 bits per heavy atom. The van der Waals surface area contributed by atoms with Gasteiger partial charge in [0.15, 0.2) is 0 Å². The molecule has 0 amide bonds. The van der Waals surface area contributed by atoms with Crippen molar-refractivity contribution in [2.75, 3.05) is 18.0 Å². The van der Waals surface area contributed by atoms with Gasteiger partial charge in [-0.1, -0.05) is 18.2 Å². The van der Waals surface area contributed by atoms with Crippen LogP contribution >= 0.6 is 0 Å². The number of carbonyl (C=O) groups is 1. The molecule has 1 unspecified atom stereocenters. The number of aliphatic hydroxyl groups is 1. The van der Waals surface area contributed by atoms with E-state index in [1.54, 1.807) is 0 Å². The van der Waals surface area contributed by atoms with Crippen LogP contribution in [-0.2, 0) is 9.53 Å².